The number of aryl methyl sites for hydroxylation is 2. The standard InChI is InChI=1S/C15H19NS2/c16-13(10-12-6-4-8-17-12)15-9-11-5-2-1-3-7-14(11)18-15/h4,6,8-9,13H,1-3,5,7,10,16H2. The van der Waals surface area contributed by atoms with E-state index in [1.807, 2.05) is 22.7 Å². The minimum Gasteiger partial charge on any atom is -0.323 e. The molecule has 2 aromatic heterocycles. The van der Waals surface area contributed by atoms with E-state index in [4.69, 9.17) is 5.73 Å². The fourth-order valence-corrected chi connectivity index (χ4v) is 4.64. The molecular formula is C15H19NS2. The second-order valence-electron chi connectivity index (χ2n) is 5.05. The van der Waals surface area contributed by atoms with Crippen LogP contribution in [0.3, 0.4) is 0 Å². The Balaban J connectivity index is 1.76. The summed E-state index contributed by atoms with van der Waals surface area (Å²) in [7, 11) is 0. The molecule has 3 rings (SSSR count). The van der Waals surface area contributed by atoms with Crippen LogP contribution >= 0.6 is 22.7 Å². The molecule has 1 nitrogen and oxygen atoms in total. The summed E-state index contributed by atoms with van der Waals surface area (Å²) in [5.74, 6) is 0. The van der Waals surface area contributed by atoms with Crippen molar-refractivity contribution in [1.29, 1.82) is 0 Å². The predicted octanol–water partition coefficient (Wildman–Crippen LogP) is 4.32. The summed E-state index contributed by atoms with van der Waals surface area (Å²) in [6.45, 7) is 0. The van der Waals surface area contributed by atoms with Crippen molar-refractivity contribution in [3.05, 3.63) is 43.8 Å². The average Bonchev–Trinajstić information content (AvgIpc) is 2.95. The monoisotopic (exact) mass is 277 g/mol. The van der Waals surface area contributed by atoms with Gasteiger partial charge in [0.2, 0.25) is 0 Å². The van der Waals surface area contributed by atoms with Gasteiger partial charge in [-0.3, -0.25) is 0 Å². The molecule has 3 heteroatoms. The number of rotatable bonds is 3. The molecule has 0 bridgehead atoms. The van der Waals surface area contributed by atoms with E-state index in [2.05, 4.69) is 23.6 Å². The lowest BCUT2D eigenvalue weighted by atomic mass is 10.1. The lowest BCUT2D eigenvalue weighted by Gasteiger charge is -2.07. The second-order valence-corrected chi connectivity index (χ2v) is 7.25. The Morgan fingerprint density at radius 3 is 2.94 bits per heavy atom. The normalized spacial score (nSPS) is 17.2. The zero-order valence-electron chi connectivity index (χ0n) is 10.5. The van der Waals surface area contributed by atoms with Crippen LogP contribution in [-0.2, 0) is 19.3 Å². The second kappa shape index (κ2) is 5.55. The third-order valence-electron chi connectivity index (χ3n) is 3.63. The summed E-state index contributed by atoms with van der Waals surface area (Å²) in [4.78, 5) is 4.38. The predicted molar refractivity (Wildman–Crippen MR) is 80.5 cm³/mol. The van der Waals surface area contributed by atoms with Crippen LogP contribution < -0.4 is 5.73 Å². The van der Waals surface area contributed by atoms with Crippen molar-refractivity contribution in [1.82, 2.24) is 0 Å². The van der Waals surface area contributed by atoms with Crippen molar-refractivity contribution in [3.8, 4) is 0 Å². The van der Waals surface area contributed by atoms with Crippen LogP contribution in [0.4, 0.5) is 0 Å². The molecule has 0 spiro atoms. The molecule has 1 atom stereocenters. The van der Waals surface area contributed by atoms with Gasteiger partial charge in [-0.2, -0.15) is 0 Å². The first-order valence-electron chi connectivity index (χ1n) is 6.72. The van der Waals surface area contributed by atoms with Crippen LogP contribution in [0, 0.1) is 0 Å². The summed E-state index contributed by atoms with van der Waals surface area (Å²) >= 11 is 3.77. The van der Waals surface area contributed by atoms with Gasteiger partial charge in [-0.1, -0.05) is 12.5 Å². The van der Waals surface area contributed by atoms with Crippen LogP contribution in [0.25, 0.3) is 0 Å². The van der Waals surface area contributed by atoms with E-state index in [1.165, 1.54) is 41.9 Å². The molecule has 96 valence electrons. The third kappa shape index (κ3) is 2.68. The van der Waals surface area contributed by atoms with E-state index in [1.54, 1.807) is 10.4 Å². The molecule has 0 aromatic carbocycles. The Morgan fingerprint density at radius 1 is 1.22 bits per heavy atom. The van der Waals surface area contributed by atoms with Crippen molar-refractivity contribution < 1.29 is 0 Å². The first-order valence-corrected chi connectivity index (χ1v) is 8.42. The molecule has 1 unspecified atom stereocenters. The summed E-state index contributed by atoms with van der Waals surface area (Å²) in [6, 6.07) is 6.85. The summed E-state index contributed by atoms with van der Waals surface area (Å²) in [6.07, 6.45) is 7.61. The summed E-state index contributed by atoms with van der Waals surface area (Å²) in [5, 5.41) is 2.13. The number of fused-ring (bicyclic) bond motifs is 1. The van der Waals surface area contributed by atoms with Gasteiger partial charge in [0.15, 0.2) is 0 Å². The Labute approximate surface area is 117 Å². The van der Waals surface area contributed by atoms with E-state index in [-0.39, 0.29) is 6.04 Å². The SMILES string of the molecule is NC(Cc1cccs1)c1cc2c(s1)CCCCC2. The molecule has 0 aliphatic heterocycles. The smallest absolute Gasteiger partial charge is 0.0438 e. The van der Waals surface area contributed by atoms with Gasteiger partial charge in [-0.25, -0.2) is 0 Å². The zero-order valence-corrected chi connectivity index (χ0v) is 12.2. The largest absolute Gasteiger partial charge is 0.323 e. The molecule has 0 amide bonds. The summed E-state index contributed by atoms with van der Waals surface area (Å²) < 4.78 is 0. The number of nitrogens with two attached hydrogens (primary N) is 1. The van der Waals surface area contributed by atoms with Crippen LogP contribution in [0.2, 0.25) is 0 Å². The minimum atomic E-state index is 0.181. The van der Waals surface area contributed by atoms with E-state index < -0.39 is 0 Å². The van der Waals surface area contributed by atoms with Crippen molar-refractivity contribution in [2.24, 2.45) is 5.73 Å². The highest BCUT2D eigenvalue weighted by molar-refractivity contribution is 7.12. The maximum absolute atomic E-state index is 6.35. The van der Waals surface area contributed by atoms with E-state index in [0.29, 0.717) is 0 Å². The molecule has 1 aliphatic carbocycles. The average molecular weight is 277 g/mol. The van der Waals surface area contributed by atoms with Crippen molar-refractivity contribution in [2.75, 3.05) is 0 Å². The molecule has 0 saturated carbocycles. The first-order chi connectivity index (χ1) is 8.83. The highest BCUT2D eigenvalue weighted by Crippen LogP contribution is 2.33. The zero-order chi connectivity index (χ0) is 12.4. The maximum Gasteiger partial charge on any atom is 0.0438 e. The molecule has 2 N–H and O–H groups in total. The Morgan fingerprint density at radius 2 is 2.11 bits per heavy atom. The van der Waals surface area contributed by atoms with E-state index >= 15 is 0 Å². The lowest BCUT2D eigenvalue weighted by Crippen LogP contribution is -2.10. The molecule has 2 aromatic rings. The quantitative estimate of drug-likeness (QED) is 0.831. The number of thiophene rings is 2. The van der Waals surface area contributed by atoms with Gasteiger partial charge in [0.05, 0.1) is 0 Å². The van der Waals surface area contributed by atoms with Crippen molar-refractivity contribution in [3.63, 3.8) is 0 Å². The van der Waals surface area contributed by atoms with Gasteiger partial charge in [0.1, 0.15) is 0 Å². The highest BCUT2D eigenvalue weighted by atomic mass is 32.1. The van der Waals surface area contributed by atoms with Crippen LogP contribution in [0.1, 0.15) is 45.5 Å². The number of hydrogen-bond donors (Lipinski definition) is 1. The van der Waals surface area contributed by atoms with Crippen molar-refractivity contribution in [2.45, 2.75) is 44.6 Å². The van der Waals surface area contributed by atoms with Gasteiger partial charge in [0, 0.05) is 27.1 Å². The fourth-order valence-electron chi connectivity index (χ4n) is 2.62. The van der Waals surface area contributed by atoms with Crippen LogP contribution in [0.5, 0.6) is 0 Å². The highest BCUT2D eigenvalue weighted by Gasteiger charge is 2.16. The van der Waals surface area contributed by atoms with Gasteiger partial charge < -0.3 is 5.73 Å². The van der Waals surface area contributed by atoms with Gasteiger partial charge in [0.25, 0.3) is 0 Å². The topological polar surface area (TPSA) is 26.0 Å². The Bertz CT molecular complexity index is 475. The summed E-state index contributed by atoms with van der Waals surface area (Å²) in [5.41, 5.74) is 7.93. The molecule has 1 aliphatic rings. The van der Waals surface area contributed by atoms with Crippen molar-refractivity contribution >= 4 is 22.7 Å². The molecule has 0 saturated heterocycles. The van der Waals surface area contributed by atoms with Gasteiger partial charge >= 0.3 is 0 Å². The van der Waals surface area contributed by atoms with E-state index in [9.17, 15) is 0 Å². The fraction of sp³-hybridized carbons (Fsp3) is 0.467. The van der Waals surface area contributed by atoms with Crippen LogP contribution in [0.15, 0.2) is 23.6 Å². The van der Waals surface area contributed by atoms with Gasteiger partial charge in [-0.05, 0) is 48.8 Å². The number of hydrogen-bond acceptors (Lipinski definition) is 3. The molecule has 18 heavy (non-hydrogen) atoms. The van der Waals surface area contributed by atoms with Gasteiger partial charge in [-0.15, -0.1) is 22.7 Å². The molecule has 0 radical (unpaired) electrons. The minimum absolute atomic E-state index is 0.181. The third-order valence-corrected chi connectivity index (χ3v) is 5.90. The maximum atomic E-state index is 6.35. The lowest BCUT2D eigenvalue weighted by molar-refractivity contribution is 0.710. The van der Waals surface area contributed by atoms with Crippen LogP contribution in [-0.4, -0.2) is 0 Å². The Kier molecular flexibility index (Phi) is 3.83. The van der Waals surface area contributed by atoms with E-state index in [0.717, 1.165) is 6.42 Å². The molecule has 0 fully saturated rings. The molecule has 2 heterocycles. The Hall–Kier alpha value is -0.640. The first kappa shape index (κ1) is 12.4. The molecular weight excluding hydrogens is 258 g/mol.